The summed E-state index contributed by atoms with van der Waals surface area (Å²) in [4.78, 5) is 14.4. The lowest BCUT2D eigenvalue weighted by molar-refractivity contribution is 0.0690. The zero-order valence-corrected chi connectivity index (χ0v) is 9.65. The second-order valence-electron chi connectivity index (χ2n) is 3.43. The van der Waals surface area contributed by atoms with Gasteiger partial charge in [-0.05, 0) is 24.6 Å². The minimum Gasteiger partial charge on any atom is -0.476 e. The minimum absolute atomic E-state index is 0.118. The molecule has 0 aliphatic heterocycles. The van der Waals surface area contributed by atoms with Gasteiger partial charge in [0, 0.05) is 10.7 Å². The Morgan fingerprint density at radius 1 is 1.53 bits per heavy atom. The van der Waals surface area contributed by atoms with Gasteiger partial charge in [-0.25, -0.2) is 4.79 Å². The van der Waals surface area contributed by atoms with E-state index >= 15 is 0 Å². The van der Waals surface area contributed by atoms with Gasteiger partial charge in [0.2, 0.25) is 0 Å². The molecule has 1 aromatic heterocycles. The van der Waals surface area contributed by atoms with E-state index in [1.54, 1.807) is 12.1 Å². The molecule has 5 nitrogen and oxygen atoms in total. The molecule has 0 atom stereocenters. The van der Waals surface area contributed by atoms with Crippen LogP contribution in [0.3, 0.4) is 0 Å². The van der Waals surface area contributed by atoms with Crippen molar-refractivity contribution in [2.45, 2.75) is 6.92 Å². The smallest absolute Gasteiger partial charge is 0.357 e. The molecule has 2 rings (SSSR count). The summed E-state index contributed by atoms with van der Waals surface area (Å²) in [5.74, 6) is -1.13. The van der Waals surface area contributed by atoms with E-state index < -0.39 is 5.97 Å². The molecule has 2 aromatic rings. The van der Waals surface area contributed by atoms with E-state index in [0.717, 1.165) is 17.5 Å². The summed E-state index contributed by atoms with van der Waals surface area (Å²) in [7, 11) is 0. The maximum atomic E-state index is 10.6. The highest BCUT2D eigenvalue weighted by atomic mass is 35.5. The quantitative estimate of drug-likeness (QED) is 0.878. The van der Waals surface area contributed by atoms with E-state index in [1.807, 2.05) is 13.0 Å². The largest absolute Gasteiger partial charge is 0.476 e. The Hall–Kier alpha value is -2.01. The van der Waals surface area contributed by atoms with Crippen molar-refractivity contribution < 1.29 is 14.3 Å². The minimum atomic E-state index is -1.13. The highest BCUT2D eigenvalue weighted by Gasteiger charge is 2.11. The molecular weight excluding hydrogens is 244 g/mol. The van der Waals surface area contributed by atoms with Crippen molar-refractivity contribution in [3.8, 4) is 0 Å². The summed E-state index contributed by atoms with van der Waals surface area (Å²) in [6.07, 6.45) is 1.07. The number of benzene rings is 1. The Kier molecular flexibility index (Phi) is 3.01. The summed E-state index contributed by atoms with van der Waals surface area (Å²) in [6, 6.07) is 5.43. The highest BCUT2D eigenvalue weighted by Crippen LogP contribution is 2.23. The normalized spacial score (nSPS) is 10.2. The maximum absolute atomic E-state index is 10.6. The lowest BCUT2D eigenvalue weighted by atomic mass is 10.2. The van der Waals surface area contributed by atoms with Crippen LogP contribution >= 0.6 is 11.6 Å². The van der Waals surface area contributed by atoms with E-state index in [4.69, 9.17) is 21.1 Å². The van der Waals surface area contributed by atoms with Gasteiger partial charge in [0.1, 0.15) is 6.26 Å². The number of anilines is 2. The summed E-state index contributed by atoms with van der Waals surface area (Å²) in [6.45, 7) is 1.89. The molecule has 0 spiro atoms. The van der Waals surface area contributed by atoms with E-state index in [-0.39, 0.29) is 11.7 Å². The standard InChI is InChI=1S/C11H9ClN2O3/c1-6-2-3-7(12)4-8(6)13-11-14-9(5-17-11)10(15)16/h2-5H,1H3,(H,13,14)(H,15,16). The molecule has 0 amide bonds. The van der Waals surface area contributed by atoms with Crippen LogP contribution in [0, 0.1) is 6.92 Å². The lowest BCUT2D eigenvalue weighted by Crippen LogP contribution is -1.97. The molecular formula is C11H9ClN2O3. The van der Waals surface area contributed by atoms with Crippen LogP contribution in [0.2, 0.25) is 5.02 Å². The number of rotatable bonds is 3. The van der Waals surface area contributed by atoms with Gasteiger partial charge in [-0.1, -0.05) is 17.7 Å². The van der Waals surface area contributed by atoms with Gasteiger partial charge in [0.05, 0.1) is 0 Å². The first-order valence-electron chi connectivity index (χ1n) is 4.78. The van der Waals surface area contributed by atoms with Crippen LogP contribution in [0.25, 0.3) is 0 Å². The van der Waals surface area contributed by atoms with Crippen LogP contribution in [0.1, 0.15) is 16.1 Å². The number of hydrogen-bond donors (Lipinski definition) is 2. The SMILES string of the molecule is Cc1ccc(Cl)cc1Nc1nc(C(=O)O)co1. The molecule has 0 unspecified atom stereocenters. The Balaban J connectivity index is 2.25. The van der Waals surface area contributed by atoms with E-state index in [0.29, 0.717) is 5.02 Å². The van der Waals surface area contributed by atoms with Crippen molar-refractivity contribution in [2.24, 2.45) is 0 Å². The molecule has 2 N–H and O–H groups in total. The number of oxazole rings is 1. The number of carboxylic acids is 1. The number of halogens is 1. The third-order valence-electron chi connectivity index (χ3n) is 2.16. The number of hydrogen-bond acceptors (Lipinski definition) is 4. The molecule has 1 aromatic carbocycles. The average Bonchev–Trinajstić information content (AvgIpc) is 2.72. The van der Waals surface area contributed by atoms with E-state index in [1.165, 1.54) is 0 Å². The first kappa shape index (κ1) is 11.5. The van der Waals surface area contributed by atoms with Crippen molar-refractivity contribution in [1.29, 1.82) is 0 Å². The first-order valence-corrected chi connectivity index (χ1v) is 5.16. The third-order valence-corrected chi connectivity index (χ3v) is 2.40. The van der Waals surface area contributed by atoms with Gasteiger partial charge < -0.3 is 14.8 Å². The molecule has 0 saturated heterocycles. The van der Waals surface area contributed by atoms with Crippen LogP contribution in [-0.4, -0.2) is 16.1 Å². The molecule has 0 bridgehead atoms. The van der Waals surface area contributed by atoms with Crippen molar-refractivity contribution in [2.75, 3.05) is 5.32 Å². The van der Waals surface area contributed by atoms with Crippen LogP contribution in [0.15, 0.2) is 28.9 Å². The van der Waals surface area contributed by atoms with Gasteiger partial charge in [0.25, 0.3) is 6.01 Å². The van der Waals surface area contributed by atoms with Gasteiger partial charge in [-0.2, -0.15) is 4.98 Å². The molecule has 0 fully saturated rings. The predicted octanol–water partition coefficient (Wildman–Crippen LogP) is 3.08. The molecule has 0 aliphatic carbocycles. The molecule has 17 heavy (non-hydrogen) atoms. The molecule has 0 radical (unpaired) electrons. The molecule has 0 saturated carbocycles. The number of carbonyl (C=O) groups is 1. The van der Waals surface area contributed by atoms with Crippen molar-refractivity contribution >= 4 is 29.3 Å². The monoisotopic (exact) mass is 252 g/mol. The van der Waals surface area contributed by atoms with E-state index in [9.17, 15) is 4.79 Å². The second-order valence-corrected chi connectivity index (χ2v) is 3.86. The Morgan fingerprint density at radius 3 is 2.94 bits per heavy atom. The number of carboxylic acid groups (broad SMARTS) is 1. The maximum Gasteiger partial charge on any atom is 0.357 e. The zero-order valence-electron chi connectivity index (χ0n) is 8.90. The third kappa shape index (κ3) is 2.57. The summed E-state index contributed by atoms with van der Waals surface area (Å²) < 4.78 is 4.98. The highest BCUT2D eigenvalue weighted by molar-refractivity contribution is 6.30. The second kappa shape index (κ2) is 4.47. The molecule has 0 aliphatic rings. The fourth-order valence-corrected chi connectivity index (χ4v) is 1.45. The number of aromatic nitrogens is 1. The number of aryl methyl sites for hydroxylation is 1. The Labute approximate surface area is 102 Å². The zero-order chi connectivity index (χ0) is 12.4. The van der Waals surface area contributed by atoms with Gasteiger partial charge in [-0.15, -0.1) is 0 Å². The van der Waals surface area contributed by atoms with Crippen molar-refractivity contribution in [3.05, 3.63) is 40.7 Å². The fraction of sp³-hybridized carbons (Fsp3) is 0.0909. The van der Waals surface area contributed by atoms with Crippen molar-refractivity contribution in [3.63, 3.8) is 0 Å². The van der Waals surface area contributed by atoms with Crippen LogP contribution in [0.5, 0.6) is 0 Å². The summed E-state index contributed by atoms with van der Waals surface area (Å²) in [5, 5.41) is 12.1. The summed E-state index contributed by atoms with van der Waals surface area (Å²) >= 11 is 5.85. The lowest BCUT2D eigenvalue weighted by Gasteiger charge is -2.05. The molecule has 6 heteroatoms. The number of nitrogens with one attached hydrogen (secondary N) is 1. The van der Waals surface area contributed by atoms with Gasteiger partial charge in [0.15, 0.2) is 5.69 Å². The van der Waals surface area contributed by atoms with Gasteiger partial charge >= 0.3 is 5.97 Å². The van der Waals surface area contributed by atoms with Crippen LogP contribution in [0.4, 0.5) is 11.7 Å². The summed E-state index contributed by atoms with van der Waals surface area (Å²) in [5.41, 5.74) is 1.52. The molecule has 1 heterocycles. The topological polar surface area (TPSA) is 75.4 Å². The molecule has 88 valence electrons. The average molecular weight is 253 g/mol. The Bertz CT molecular complexity index is 566. The Morgan fingerprint density at radius 2 is 2.29 bits per heavy atom. The van der Waals surface area contributed by atoms with Crippen molar-refractivity contribution in [1.82, 2.24) is 4.98 Å². The van der Waals surface area contributed by atoms with E-state index in [2.05, 4.69) is 10.3 Å². The predicted molar refractivity (Wildman–Crippen MR) is 62.9 cm³/mol. The van der Waals surface area contributed by atoms with Crippen LogP contribution in [-0.2, 0) is 0 Å². The fourth-order valence-electron chi connectivity index (χ4n) is 1.27. The number of nitrogens with zero attached hydrogens (tertiary/aromatic N) is 1. The van der Waals surface area contributed by atoms with Gasteiger partial charge in [-0.3, -0.25) is 0 Å². The first-order chi connectivity index (χ1) is 8.06. The van der Waals surface area contributed by atoms with Crippen LogP contribution < -0.4 is 5.32 Å². The number of aromatic carboxylic acids is 1.